The van der Waals surface area contributed by atoms with Crippen molar-refractivity contribution in [1.29, 1.82) is 5.26 Å². The van der Waals surface area contributed by atoms with Crippen molar-refractivity contribution in [2.24, 2.45) is 0 Å². The molecule has 2 aromatic rings. The summed E-state index contributed by atoms with van der Waals surface area (Å²) < 4.78 is 0. The smallest absolute Gasteiger partial charge is 0.335 e. The van der Waals surface area contributed by atoms with Gasteiger partial charge in [0.15, 0.2) is 0 Å². The number of anilines is 1. The fourth-order valence-electron chi connectivity index (χ4n) is 2.94. The number of hydrogen-bond donors (Lipinski definition) is 1. The first-order valence-corrected chi connectivity index (χ1v) is 7.76. The Balaban J connectivity index is 1.91. The van der Waals surface area contributed by atoms with Crippen LogP contribution in [0, 0.1) is 11.3 Å². The summed E-state index contributed by atoms with van der Waals surface area (Å²) in [7, 11) is 3.81. The minimum atomic E-state index is -0.998. The van der Waals surface area contributed by atoms with Gasteiger partial charge in [0.25, 0.3) is 5.91 Å². The van der Waals surface area contributed by atoms with Crippen LogP contribution >= 0.6 is 0 Å². The number of benzene rings is 2. The zero-order chi connectivity index (χ0) is 18.1. The first kappa shape index (κ1) is 16.5. The maximum atomic E-state index is 12.7. The molecule has 0 saturated carbocycles. The Kier molecular flexibility index (Phi) is 4.15. The van der Waals surface area contributed by atoms with E-state index in [2.05, 4.69) is 6.07 Å². The number of rotatable bonds is 4. The van der Waals surface area contributed by atoms with E-state index in [1.807, 2.05) is 31.1 Å². The number of carbonyl (C=O) groups excluding carboxylic acids is 1. The Bertz CT molecular complexity index is 882. The topological polar surface area (TPSA) is 84.6 Å². The number of fused-ring (bicyclic) bond motifs is 1. The Morgan fingerprint density at radius 3 is 2.48 bits per heavy atom. The van der Waals surface area contributed by atoms with E-state index >= 15 is 0 Å². The summed E-state index contributed by atoms with van der Waals surface area (Å²) in [5, 5.41) is 18.5. The summed E-state index contributed by atoms with van der Waals surface area (Å²) in [5.74, 6) is -1.18. The highest BCUT2D eigenvalue weighted by atomic mass is 16.4. The maximum Gasteiger partial charge on any atom is 0.335 e. The molecule has 0 spiro atoms. The van der Waals surface area contributed by atoms with Crippen molar-refractivity contribution in [2.75, 3.05) is 19.0 Å². The zero-order valence-corrected chi connectivity index (χ0v) is 13.9. The number of hydrogen-bond acceptors (Lipinski definition) is 4. The van der Waals surface area contributed by atoms with Crippen LogP contribution in [0.5, 0.6) is 0 Å². The standard InChI is InChI=1S/C19H17N3O3/c1-21(2)14-7-8-15-16(9-14)17(10-20)22(18(15)23)11-12-3-5-13(6-4-12)19(24)25/h3-9,17H,11H2,1-2H3,(H,24,25). The van der Waals surface area contributed by atoms with Gasteiger partial charge in [-0.25, -0.2) is 4.79 Å². The minimum absolute atomic E-state index is 0.186. The van der Waals surface area contributed by atoms with Crippen LogP contribution in [-0.4, -0.2) is 36.0 Å². The van der Waals surface area contributed by atoms with Crippen molar-refractivity contribution in [3.05, 3.63) is 64.7 Å². The fourth-order valence-corrected chi connectivity index (χ4v) is 2.94. The summed E-state index contributed by atoms with van der Waals surface area (Å²) >= 11 is 0. The van der Waals surface area contributed by atoms with E-state index in [9.17, 15) is 14.9 Å². The molecule has 0 aromatic heterocycles. The Labute approximate surface area is 145 Å². The average molecular weight is 335 g/mol. The molecule has 1 aliphatic heterocycles. The summed E-state index contributed by atoms with van der Waals surface area (Å²) in [6.07, 6.45) is 0. The molecule has 1 unspecified atom stereocenters. The van der Waals surface area contributed by atoms with Gasteiger partial charge in [0, 0.05) is 37.5 Å². The molecular weight excluding hydrogens is 318 g/mol. The second kappa shape index (κ2) is 6.29. The predicted octanol–water partition coefficient (Wildman–Crippen LogP) is 2.67. The monoisotopic (exact) mass is 335 g/mol. The van der Waals surface area contributed by atoms with Gasteiger partial charge in [-0.3, -0.25) is 4.79 Å². The first-order valence-electron chi connectivity index (χ1n) is 7.76. The molecule has 1 N–H and O–H groups in total. The normalized spacial score (nSPS) is 15.6. The van der Waals surface area contributed by atoms with Gasteiger partial charge in [0.1, 0.15) is 6.04 Å². The minimum Gasteiger partial charge on any atom is -0.478 e. The maximum absolute atomic E-state index is 12.7. The molecule has 0 bridgehead atoms. The molecule has 1 heterocycles. The molecule has 0 aliphatic carbocycles. The number of nitriles is 1. The second-order valence-electron chi connectivity index (χ2n) is 6.13. The van der Waals surface area contributed by atoms with E-state index in [4.69, 9.17) is 5.11 Å². The van der Waals surface area contributed by atoms with Gasteiger partial charge >= 0.3 is 5.97 Å². The van der Waals surface area contributed by atoms with Gasteiger partial charge in [-0.1, -0.05) is 12.1 Å². The lowest BCUT2D eigenvalue weighted by Gasteiger charge is -2.20. The van der Waals surface area contributed by atoms with Crippen LogP contribution in [0.4, 0.5) is 5.69 Å². The molecule has 0 radical (unpaired) electrons. The third-order valence-electron chi connectivity index (χ3n) is 4.33. The van der Waals surface area contributed by atoms with Crippen molar-refractivity contribution < 1.29 is 14.7 Å². The van der Waals surface area contributed by atoms with E-state index in [-0.39, 0.29) is 18.0 Å². The lowest BCUT2D eigenvalue weighted by atomic mass is 10.0. The van der Waals surface area contributed by atoms with Gasteiger partial charge in [0.05, 0.1) is 11.6 Å². The van der Waals surface area contributed by atoms with Crippen molar-refractivity contribution in [2.45, 2.75) is 12.6 Å². The second-order valence-corrected chi connectivity index (χ2v) is 6.13. The van der Waals surface area contributed by atoms with Crippen molar-refractivity contribution in [3.8, 4) is 6.07 Å². The van der Waals surface area contributed by atoms with E-state index in [1.165, 1.54) is 17.0 Å². The molecule has 0 saturated heterocycles. The van der Waals surface area contributed by atoms with Crippen molar-refractivity contribution in [1.82, 2.24) is 4.90 Å². The molecule has 0 fully saturated rings. The zero-order valence-electron chi connectivity index (χ0n) is 13.9. The number of carboxylic acids is 1. The molecular formula is C19H17N3O3. The van der Waals surface area contributed by atoms with Crippen LogP contribution in [0.3, 0.4) is 0 Å². The third-order valence-corrected chi connectivity index (χ3v) is 4.33. The molecule has 2 aromatic carbocycles. The Morgan fingerprint density at radius 2 is 1.92 bits per heavy atom. The van der Waals surface area contributed by atoms with E-state index in [1.54, 1.807) is 18.2 Å². The van der Waals surface area contributed by atoms with Crippen LogP contribution < -0.4 is 4.90 Å². The number of carbonyl (C=O) groups is 2. The SMILES string of the molecule is CN(C)c1ccc2c(c1)C(C#N)N(Cc1ccc(C(=O)O)cc1)C2=O. The largest absolute Gasteiger partial charge is 0.478 e. The Hall–Kier alpha value is -3.33. The van der Waals surface area contributed by atoms with E-state index in [0.717, 1.165) is 11.3 Å². The van der Waals surface area contributed by atoms with Crippen LogP contribution in [0.2, 0.25) is 0 Å². The number of aromatic carboxylic acids is 1. The average Bonchev–Trinajstić information content (AvgIpc) is 2.86. The molecule has 25 heavy (non-hydrogen) atoms. The van der Waals surface area contributed by atoms with Crippen LogP contribution in [0.15, 0.2) is 42.5 Å². The number of amides is 1. The van der Waals surface area contributed by atoms with Crippen molar-refractivity contribution >= 4 is 17.6 Å². The van der Waals surface area contributed by atoms with E-state index < -0.39 is 12.0 Å². The summed E-state index contributed by atoms with van der Waals surface area (Å²) in [6, 6.07) is 13.4. The molecule has 1 aliphatic rings. The molecule has 1 atom stereocenters. The van der Waals surface area contributed by atoms with Gasteiger partial charge in [0.2, 0.25) is 0 Å². The third kappa shape index (κ3) is 2.92. The van der Waals surface area contributed by atoms with Gasteiger partial charge in [-0.05, 0) is 35.9 Å². The molecule has 6 heteroatoms. The molecule has 3 rings (SSSR count). The highest BCUT2D eigenvalue weighted by Crippen LogP contribution is 2.36. The Morgan fingerprint density at radius 1 is 1.24 bits per heavy atom. The van der Waals surface area contributed by atoms with E-state index in [0.29, 0.717) is 11.1 Å². The fraction of sp³-hybridized carbons (Fsp3) is 0.211. The lowest BCUT2D eigenvalue weighted by Crippen LogP contribution is -2.26. The first-order chi connectivity index (χ1) is 11.9. The van der Waals surface area contributed by atoms with Crippen LogP contribution in [-0.2, 0) is 6.54 Å². The number of carboxylic acid groups (broad SMARTS) is 1. The highest BCUT2D eigenvalue weighted by Gasteiger charge is 2.37. The van der Waals surface area contributed by atoms with Crippen molar-refractivity contribution in [3.63, 3.8) is 0 Å². The summed E-state index contributed by atoms with van der Waals surface area (Å²) in [4.78, 5) is 27.1. The molecule has 1 amide bonds. The molecule has 6 nitrogen and oxygen atoms in total. The van der Waals surface area contributed by atoms with Crippen LogP contribution in [0.1, 0.15) is 37.9 Å². The highest BCUT2D eigenvalue weighted by molar-refractivity contribution is 6.00. The van der Waals surface area contributed by atoms with Gasteiger partial charge in [-0.15, -0.1) is 0 Å². The summed E-state index contributed by atoms with van der Waals surface area (Å²) in [5.41, 5.74) is 3.14. The predicted molar refractivity (Wildman–Crippen MR) is 92.4 cm³/mol. The summed E-state index contributed by atoms with van der Waals surface area (Å²) in [6.45, 7) is 0.253. The quantitative estimate of drug-likeness (QED) is 0.928. The number of nitrogens with zero attached hydrogens (tertiary/aromatic N) is 3. The van der Waals surface area contributed by atoms with Gasteiger partial charge in [-0.2, -0.15) is 5.26 Å². The van der Waals surface area contributed by atoms with Crippen LogP contribution in [0.25, 0.3) is 0 Å². The van der Waals surface area contributed by atoms with Gasteiger partial charge < -0.3 is 14.9 Å². The molecule has 126 valence electrons. The lowest BCUT2D eigenvalue weighted by molar-refractivity contribution is 0.0694.